The molecular weight excluding hydrogens is 580 g/mol. The van der Waals surface area contributed by atoms with Gasteiger partial charge in [0.05, 0.1) is 24.3 Å². The molecule has 0 unspecified atom stereocenters. The molecule has 2 N–H and O–H groups in total. The number of allylic oxidation sites excluding steroid dienone is 1. The molecule has 9 nitrogen and oxygen atoms in total. The number of carbonyl (C=O) groups is 3. The number of ether oxygens (including phenoxy) is 1. The van der Waals surface area contributed by atoms with Gasteiger partial charge in [-0.3, -0.25) is 4.90 Å². The van der Waals surface area contributed by atoms with E-state index >= 15 is 0 Å². The van der Waals surface area contributed by atoms with Gasteiger partial charge in [0.15, 0.2) is 11.6 Å². The fourth-order valence-corrected chi connectivity index (χ4v) is 6.51. The Morgan fingerprint density at radius 1 is 1.07 bits per heavy atom. The number of nitriles is 1. The van der Waals surface area contributed by atoms with E-state index in [-0.39, 0.29) is 35.3 Å². The maximum Gasteiger partial charge on any atom is 0.337 e. The largest absolute Gasteiger partial charge is 0.466 e. The van der Waals surface area contributed by atoms with Crippen molar-refractivity contribution in [3.8, 4) is 6.07 Å². The van der Waals surface area contributed by atoms with Gasteiger partial charge in [0.25, 0.3) is 0 Å². The van der Waals surface area contributed by atoms with Gasteiger partial charge in [-0.1, -0.05) is 24.3 Å². The Balaban J connectivity index is 0.00000423. The van der Waals surface area contributed by atoms with E-state index in [1.807, 2.05) is 24.3 Å². The summed E-state index contributed by atoms with van der Waals surface area (Å²) in [5.41, 5.74) is 2.00. The molecule has 2 aromatic rings. The van der Waals surface area contributed by atoms with Crippen LogP contribution in [0.2, 0.25) is 0 Å². The minimum atomic E-state index is -1.31. The van der Waals surface area contributed by atoms with Gasteiger partial charge in [0.2, 0.25) is 0 Å². The fraction of sp³-hybridized carbons (Fsp3) is 0.419. The second-order valence-electron chi connectivity index (χ2n) is 11.0. The van der Waals surface area contributed by atoms with Crippen LogP contribution in [0.25, 0.3) is 0 Å². The van der Waals surface area contributed by atoms with Crippen molar-refractivity contribution in [2.75, 3.05) is 20.2 Å². The van der Waals surface area contributed by atoms with Crippen molar-refractivity contribution in [1.29, 1.82) is 5.26 Å². The first-order valence-corrected chi connectivity index (χ1v) is 14.1. The number of likely N-dealkylation sites (tertiary alicyclic amines) is 1. The van der Waals surface area contributed by atoms with Crippen molar-refractivity contribution in [1.82, 2.24) is 20.4 Å². The summed E-state index contributed by atoms with van der Waals surface area (Å²) in [5, 5.41) is 14.9. The van der Waals surface area contributed by atoms with Gasteiger partial charge in [-0.2, -0.15) is 5.26 Å². The molecule has 1 saturated heterocycles. The second kappa shape index (κ2) is 13.5. The number of carbonyl (C=O) groups excluding carboxylic acids is 3. The topological polar surface area (TPSA) is 115 Å². The smallest absolute Gasteiger partial charge is 0.337 e. The monoisotopic (exact) mass is 613 g/mol. The summed E-state index contributed by atoms with van der Waals surface area (Å²) in [6.45, 7) is 2.86. The number of urea groups is 2. The van der Waals surface area contributed by atoms with E-state index in [1.54, 1.807) is 0 Å². The Hall–Kier alpha value is -4.01. The first-order valence-electron chi connectivity index (χ1n) is 14.1. The van der Waals surface area contributed by atoms with Crippen molar-refractivity contribution >= 4 is 30.4 Å². The third kappa shape index (κ3) is 6.50. The number of rotatable bonds is 5. The molecule has 3 aliphatic rings. The van der Waals surface area contributed by atoms with Gasteiger partial charge < -0.3 is 15.4 Å². The quantitative estimate of drug-likeness (QED) is 0.444. The average Bonchev–Trinajstić information content (AvgIpc) is 3.46. The number of halogens is 3. The van der Waals surface area contributed by atoms with Gasteiger partial charge in [0, 0.05) is 30.9 Å². The molecular formula is C31H34ClF2N5O4. The number of hydrogen-bond donors (Lipinski definition) is 2. The summed E-state index contributed by atoms with van der Waals surface area (Å²) >= 11 is 0. The summed E-state index contributed by atoms with van der Waals surface area (Å²) < 4.78 is 32.9. The van der Waals surface area contributed by atoms with Gasteiger partial charge in [-0.05, 0) is 74.3 Å². The standard InChI is InChI=1S/C31H33F2N5O4.ClH/c1-18-27(29(39)42-2)28(20-9-12-25(32)26(33)15-20)38(30(40)35-18)31(41)36-22-13-14-37(17-22)23-10-7-19(8-11-23)24-6-4-3-5-21(24)16-34;/h3-6,9,12,15,19,22-23,28H,7-8,10-11,13-14,17H2,1-2H3,(H,35,40)(H,36,41);1H/t19?,22-,23?,28+;/m1./s1. The zero-order chi connectivity index (χ0) is 30.0. The van der Waals surface area contributed by atoms with Crippen LogP contribution in [0.4, 0.5) is 18.4 Å². The molecule has 0 bridgehead atoms. The van der Waals surface area contributed by atoms with E-state index in [0.29, 0.717) is 24.9 Å². The molecule has 2 heterocycles. The number of amides is 4. The van der Waals surface area contributed by atoms with Gasteiger partial charge in [-0.25, -0.2) is 28.1 Å². The van der Waals surface area contributed by atoms with E-state index in [9.17, 15) is 28.4 Å². The van der Waals surface area contributed by atoms with Crippen LogP contribution in [0.3, 0.4) is 0 Å². The number of esters is 1. The van der Waals surface area contributed by atoms with Crippen LogP contribution in [-0.4, -0.2) is 60.1 Å². The van der Waals surface area contributed by atoms with Crippen molar-refractivity contribution in [3.05, 3.63) is 82.1 Å². The summed E-state index contributed by atoms with van der Waals surface area (Å²) in [4.78, 5) is 42.6. The fourth-order valence-electron chi connectivity index (χ4n) is 6.51. The van der Waals surface area contributed by atoms with Crippen molar-refractivity contribution in [3.63, 3.8) is 0 Å². The second-order valence-corrected chi connectivity index (χ2v) is 11.0. The molecule has 2 fully saturated rings. The maximum atomic E-state index is 14.2. The SMILES string of the molecule is COC(=O)C1=C(C)NC(=O)N(C(=O)N[C@@H]2CCN(C3CCC(c4ccccc4C#N)CC3)C2)[C@H]1c1ccc(F)c(F)c1.Cl. The highest BCUT2D eigenvalue weighted by molar-refractivity contribution is 6.01. The number of methoxy groups -OCH3 is 1. The van der Waals surface area contributed by atoms with Crippen LogP contribution in [-0.2, 0) is 9.53 Å². The van der Waals surface area contributed by atoms with Gasteiger partial charge in [-0.15, -0.1) is 12.4 Å². The van der Waals surface area contributed by atoms with Crippen molar-refractivity contribution in [2.24, 2.45) is 0 Å². The Bertz CT molecular complexity index is 1470. The van der Waals surface area contributed by atoms with E-state index < -0.39 is 35.7 Å². The lowest BCUT2D eigenvalue weighted by Gasteiger charge is -2.37. The molecule has 43 heavy (non-hydrogen) atoms. The molecule has 2 atom stereocenters. The number of nitrogens with zero attached hydrogens (tertiary/aromatic N) is 3. The molecule has 12 heteroatoms. The van der Waals surface area contributed by atoms with E-state index in [0.717, 1.165) is 67.5 Å². The molecule has 1 saturated carbocycles. The minimum absolute atomic E-state index is 0. The van der Waals surface area contributed by atoms with Crippen LogP contribution in [0.15, 0.2) is 53.7 Å². The van der Waals surface area contributed by atoms with E-state index in [4.69, 9.17) is 4.74 Å². The number of hydrogen-bond acceptors (Lipinski definition) is 6. The summed E-state index contributed by atoms with van der Waals surface area (Å²) in [6, 6.07) is 10.3. The first kappa shape index (κ1) is 31.9. The normalized spacial score (nSPS) is 24.1. The number of benzene rings is 2. The van der Waals surface area contributed by atoms with Crippen LogP contribution in [0.5, 0.6) is 0 Å². The third-order valence-corrected chi connectivity index (χ3v) is 8.61. The number of imide groups is 1. The minimum Gasteiger partial charge on any atom is -0.466 e. The predicted octanol–water partition coefficient (Wildman–Crippen LogP) is 5.28. The molecule has 4 amide bonds. The van der Waals surface area contributed by atoms with Crippen LogP contribution in [0, 0.1) is 23.0 Å². The van der Waals surface area contributed by atoms with Crippen LogP contribution in [0.1, 0.15) is 67.7 Å². The number of nitrogens with one attached hydrogen (secondary N) is 2. The lowest BCUT2D eigenvalue weighted by atomic mass is 9.80. The summed E-state index contributed by atoms with van der Waals surface area (Å²) in [7, 11) is 1.16. The molecule has 2 aromatic carbocycles. The highest BCUT2D eigenvalue weighted by Gasteiger charge is 2.43. The molecule has 2 aliphatic heterocycles. The predicted molar refractivity (Wildman–Crippen MR) is 156 cm³/mol. The Morgan fingerprint density at radius 2 is 1.79 bits per heavy atom. The zero-order valence-corrected chi connectivity index (χ0v) is 24.8. The lowest BCUT2D eigenvalue weighted by molar-refractivity contribution is -0.136. The highest BCUT2D eigenvalue weighted by atomic mass is 35.5. The van der Waals surface area contributed by atoms with E-state index in [1.165, 1.54) is 13.0 Å². The average molecular weight is 614 g/mol. The van der Waals surface area contributed by atoms with Gasteiger partial charge >= 0.3 is 18.0 Å². The lowest BCUT2D eigenvalue weighted by Crippen LogP contribution is -2.56. The Labute approximate surface area is 255 Å². The maximum absolute atomic E-state index is 14.2. The molecule has 0 spiro atoms. The molecule has 1 aliphatic carbocycles. The van der Waals surface area contributed by atoms with Crippen molar-refractivity contribution in [2.45, 2.75) is 63.1 Å². The first-order chi connectivity index (χ1) is 20.2. The molecule has 0 radical (unpaired) electrons. The third-order valence-electron chi connectivity index (χ3n) is 8.61. The van der Waals surface area contributed by atoms with Crippen molar-refractivity contribution < 1.29 is 27.9 Å². The molecule has 5 rings (SSSR count). The van der Waals surface area contributed by atoms with E-state index in [2.05, 4.69) is 21.6 Å². The molecule has 0 aromatic heterocycles. The van der Waals surface area contributed by atoms with Crippen LogP contribution >= 0.6 is 12.4 Å². The zero-order valence-electron chi connectivity index (χ0n) is 23.9. The highest BCUT2D eigenvalue weighted by Crippen LogP contribution is 2.38. The Kier molecular flexibility index (Phi) is 10.0. The summed E-state index contributed by atoms with van der Waals surface area (Å²) in [5.74, 6) is -2.72. The summed E-state index contributed by atoms with van der Waals surface area (Å²) in [6.07, 6.45) is 4.58. The Morgan fingerprint density at radius 3 is 2.47 bits per heavy atom. The van der Waals surface area contributed by atoms with Crippen LogP contribution < -0.4 is 10.6 Å². The molecule has 228 valence electrons. The van der Waals surface area contributed by atoms with Gasteiger partial charge in [0.1, 0.15) is 6.04 Å².